The second kappa shape index (κ2) is 6.91. The number of hydrogen-bond acceptors (Lipinski definition) is 4. The Labute approximate surface area is 107 Å². The van der Waals surface area contributed by atoms with Gasteiger partial charge in [0.1, 0.15) is 0 Å². The minimum absolute atomic E-state index is 0.269. The van der Waals surface area contributed by atoms with Gasteiger partial charge in [-0.1, -0.05) is 11.6 Å². The second-order valence-corrected chi connectivity index (χ2v) is 4.60. The second-order valence-electron chi connectivity index (χ2n) is 4.19. The molecule has 0 saturated heterocycles. The van der Waals surface area contributed by atoms with Crippen LogP contribution in [0.3, 0.4) is 0 Å². The Kier molecular flexibility index (Phi) is 5.85. The zero-order valence-corrected chi connectivity index (χ0v) is 10.8. The van der Waals surface area contributed by atoms with Crippen LogP contribution < -0.4 is 5.73 Å². The Morgan fingerprint density at radius 1 is 1.59 bits per heavy atom. The van der Waals surface area contributed by atoms with Crippen molar-refractivity contribution in [1.29, 1.82) is 0 Å². The number of nitrogens with two attached hydrogens (primary N) is 1. The number of pyridine rings is 1. The first-order valence-electron chi connectivity index (χ1n) is 5.61. The van der Waals surface area contributed by atoms with Crippen molar-refractivity contribution < 1.29 is 9.84 Å². The highest BCUT2D eigenvalue weighted by Crippen LogP contribution is 2.23. The lowest BCUT2D eigenvalue weighted by molar-refractivity contribution is -0.0375. The van der Waals surface area contributed by atoms with Gasteiger partial charge in [-0.3, -0.25) is 4.98 Å². The van der Waals surface area contributed by atoms with E-state index < -0.39 is 5.60 Å². The van der Waals surface area contributed by atoms with Crippen LogP contribution >= 0.6 is 11.6 Å². The quantitative estimate of drug-likeness (QED) is 0.776. The van der Waals surface area contributed by atoms with E-state index in [1.807, 2.05) is 6.07 Å². The smallest absolute Gasteiger partial charge is 0.0921 e. The predicted molar refractivity (Wildman–Crippen MR) is 68.1 cm³/mol. The van der Waals surface area contributed by atoms with Gasteiger partial charge in [0.15, 0.2) is 0 Å². The molecular formula is C12H19ClN2O2. The van der Waals surface area contributed by atoms with Crippen LogP contribution in [0.5, 0.6) is 0 Å². The summed E-state index contributed by atoms with van der Waals surface area (Å²) < 4.78 is 5.07. The standard InChI is InChI=1S/C12H19ClN2O2/c1-17-9-12(16,4-2-5-14)7-10-3-6-15-8-11(10)13/h3,6,8,16H,2,4-5,7,9,14H2,1H3. The average Bonchev–Trinajstić information content (AvgIpc) is 2.30. The normalized spacial score (nSPS) is 14.6. The fourth-order valence-corrected chi connectivity index (χ4v) is 2.00. The molecule has 0 amide bonds. The summed E-state index contributed by atoms with van der Waals surface area (Å²) in [4.78, 5) is 3.92. The highest BCUT2D eigenvalue weighted by Gasteiger charge is 2.27. The third-order valence-electron chi connectivity index (χ3n) is 2.64. The number of halogens is 1. The molecule has 1 aromatic heterocycles. The van der Waals surface area contributed by atoms with Crippen LogP contribution in [0.2, 0.25) is 5.02 Å². The van der Waals surface area contributed by atoms with Crippen molar-refractivity contribution in [3.8, 4) is 0 Å². The van der Waals surface area contributed by atoms with Crippen LogP contribution in [0.25, 0.3) is 0 Å². The van der Waals surface area contributed by atoms with Crippen molar-refractivity contribution >= 4 is 11.6 Å². The molecule has 5 heteroatoms. The third kappa shape index (κ3) is 4.60. The third-order valence-corrected chi connectivity index (χ3v) is 2.98. The van der Waals surface area contributed by atoms with Crippen molar-refractivity contribution in [2.75, 3.05) is 20.3 Å². The summed E-state index contributed by atoms with van der Waals surface area (Å²) in [5.41, 5.74) is 5.42. The first-order valence-corrected chi connectivity index (χ1v) is 5.99. The van der Waals surface area contributed by atoms with Crippen LogP contribution in [0, 0.1) is 0 Å². The number of aliphatic hydroxyl groups is 1. The van der Waals surface area contributed by atoms with E-state index in [0.717, 1.165) is 12.0 Å². The molecule has 3 N–H and O–H groups in total. The molecule has 0 spiro atoms. The zero-order valence-electron chi connectivity index (χ0n) is 10.0. The predicted octanol–water partition coefficient (Wildman–Crippen LogP) is 1.39. The number of aromatic nitrogens is 1. The van der Waals surface area contributed by atoms with Gasteiger partial charge in [-0.05, 0) is 31.0 Å². The Morgan fingerprint density at radius 2 is 2.35 bits per heavy atom. The minimum atomic E-state index is -0.918. The summed E-state index contributed by atoms with van der Waals surface area (Å²) in [5, 5.41) is 11.0. The maximum Gasteiger partial charge on any atom is 0.0921 e. The van der Waals surface area contributed by atoms with E-state index in [1.54, 1.807) is 19.5 Å². The molecule has 1 heterocycles. The summed E-state index contributed by atoms with van der Waals surface area (Å²) in [6, 6.07) is 1.81. The molecule has 0 fully saturated rings. The lowest BCUT2D eigenvalue weighted by Gasteiger charge is -2.27. The molecule has 0 bridgehead atoms. The Bertz CT molecular complexity index is 349. The van der Waals surface area contributed by atoms with Crippen LogP contribution in [-0.4, -0.2) is 36.0 Å². The van der Waals surface area contributed by atoms with Crippen molar-refractivity contribution in [3.05, 3.63) is 29.0 Å². The van der Waals surface area contributed by atoms with Gasteiger partial charge in [0, 0.05) is 25.9 Å². The Morgan fingerprint density at radius 3 is 2.94 bits per heavy atom. The van der Waals surface area contributed by atoms with E-state index >= 15 is 0 Å². The molecular weight excluding hydrogens is 240 g/mol. The zero-order chi connectivity index (χ0) is 12.7. The van der Waals surface area contributed by atoms with Crippen molar-refractivity contribution in [2.24, 2.45) is 5.73 Å². The minimum Gasteiger partial charge on any atom is -0.387 e. The monoisotopic (exact) mass is 258 g/mol. The first-order chi connectivity index (χ1) is 8.11. The molecule has 0 aliphatic carbocycles. The molecule has 0 aliphatic heterocycles. The van der Waals surface area contributed by atoms with E-state index in [9.17, 15) is 5.11 Å². The lowest BCUT2D eigenvalue weighted by atomic mass is 9.91. The van der Waals surface area contributed by atoms with E-state index in [0.29, 0.717) is 24.4 Å². The van der Waals surface area contributed by atoms with Gasteiger partial charge in [0.05, 0.1) is 17.2 Å². The molecule has 1 aromatic rings. The number of methoxy groups -OCH3 is 1. The molecule has 1 unspecified atom stereocenters. The Balaban J connectivity index is 2.75. The number of ether oxygens (including phenoxy) is 1. The average molecular weight is 259 g/mol. The number of nitrogens with zero attached hydrogens (tertiary/aromatic N) is 1. The molecule has 0 aromatic carbocycles. The van der Waals surface area contributed by atoms with Crippen LogP contribution in [0.4, 0.5) is 0 Å². The highest BCUT2D eigenvalue weighted by molar-refractivity contribution is 6.31. The van der Waals surface area contributed by atoms with Crippen molar-refractivity contribution in [2.45, 2.75) is 24.9 Å². The Hall–Kier alpha value is -0.680. The van der Waals surface area contributed by atoms with Gasteiger partial charge in [-0.15, -0.1) is 0 Å². The number of rotatable bonds is 7. The van der Waals surface area contributed by atoms with E-state index in [-0.39, 0.29) is 6.61 Å². The maximum atomic E-state index is 10.5. The van der Waals surface area contributed by atoms with E-state index in [2.05, 4.69) is 4.98 Å². The SMILES string of the molecule is COCC(O)(CCCN)Cc1ccncc1Cl. The molecule has 0 saturated carbocycles. The number of hydrogen-bond donors (Lipinski definition) is 2. The summed E-state index contributed by atoms with van der Waals surface area (Å²) in [6.07, 6.45) is 5.03. The largest absolute Gasteiger partial charge is 0.387 e. The maximum absolute atomic E-state index is 10.5. The van der Waals surface area contributed by atoms with Crippen molar-refractivity contribution in [3.63, 3.8) is 0 Å². The van der Waals surface area contributed by atoms with Gasteiger partial charge < -0.3 is 15.6 Å². The summed E-state index contributed by atoms with van der Waals surface area (Å²) in [5.74, 6) is 0. The summed E-state index contributed by atoms with van der Waals surface area (Å²) in [7, 11) is 1.57. The molecule has 4 nitrogen and oxygen atoms in total. The first kappa shape index (κ1) is 14.4. The fourth-order valence-electron chi connectivity index (χ4n) is 1.81. The highest BCUT2D eigenvalue weighted by atomic mass is 35.5. The molecule has 1 atom stereocenters. The van der Waals surface area contributed by atoms with Crippen LogP contribution in [0.15, 0.2) is 18.5 Å². The molecule has 17 heavy (non-hydrogen) atoms. The van der Waals surface area contributed by atoms with E-state index in [1.165, 1.54) is 0 Å². The fraction of sp³-hybridized carbons (Fsp3) is 0.583. The van der Waals surface area contributed by atoms with Gasteiger partial charge in [-0.25, -0.2) is 0 Å². The van der Waals surface area contributed by atoms with Gasteiger partial charge >= 0.3 is 0 Å². The van der Waals surface area contributed by atoms with Crippen molar-refractivity contribution in [1.82, 2.24) is 4.98 Å². The van der Waals surface area contributed by atoms with Gasteiger partial charge in [-0.2, -0.15) is 0 Å². The molecule has 0 aliphatic rings. The molecule has 1 rings (SSSR count). The van der Waals surface area contributed by atoms with E-state index in [4.69, 9.17) is 22.1 Å². The summed E-state index contributed by atoms with van der Waals surface area (Å²) >= 11 is 6.03. The van der Waals surface area contributed by atoms with Crippen LogP contribution in [-0.2, 0) is 11.2 Å². The summed E-state index contributed by atoms with van der Waals surface area (Å²) in [6.45, 7) is 0.821. The van der Waals surface area contributed by atoms with Gasteiger partial charge in [0.2, 0.25) is 0 Å². The lowest BCUT2D eigenvalue weighted by Crippen LogP contribution is -2.37. The molecule has 0 radical (unpaired) electrons. The topological polar surface area (TPSA) is 68.4 Å². The molecule has 96 valence electrons. The van der Waals surface area contributed by atoms with Gasteiger partial charge in [0.25, 0.3) is 0 Å². The van der Waals surface area contributed by atoms with Crippen LogP contribution in [0.1, 0.15) is 18.4 Å².